The van der Waals surface area contributed by atoms with Crippen LogP contribution in [0.25, 0.3) is 22.2 Å². The number of amides is 1. The fourth-order valence-electron chi connectivity index (χ4n) is 5.67. The van der Waals surface area contributed by atoms with E-state index in [1.165, 1.54) is 6.33 Å². The van der Waals surface area contributed by atoms with E-state index in [0.717, 1.165) is 42.5 Å². The second-order valence-electron chi connectivity index (χ2n) is 9.35. The second kappa shape index (κ2) is 7.90. The Hall–Kier alpha value is -3.75. The molecule has 6 rings (SSSR count). The summed E-state index contributed by atoms with van der Waals surface area (Å²) in [5, 5.41) is 5.39. The largest absolute Gasteiger partial charge is 0.325 e. The quantitative estimate of drug-likeness (QED) is 0.379. The molecule has 178 valence electrons. The predicted molar refractivity (Wildman–Crippen MR) is 123 cm³/mol. The number of nitrogens with zero attached hydrogens (tertiary/aromatic N) is 5. The van der Waals surface area contributed by atoms with Crippen LogP contribution in [0.2, 0.25) is 0 Å². The van der Waals surface area contributed by atoms with Gasteiger partial charge >= 0.3 is 0 Å². The lowest BCUT2D eigenvalue weighted by molar-refractivity contribution is 0.0388. The molecule has 2 unspecified atom stereocenters. The maximum Gasteiger partial charge on any atom is 0.274 e. The Bertz CT molecular complexity index is 1490. The lowest BCUT2D eigenvalue weighted by Crippen LogP contribution is -2.50. The third-order valence-corrected chi connectivity index (χ3v) is 7.16. The molecule has 2 aliphatic rings. The van der Waals surface area contributed by atoms with E-state index in [4.69, 9.17) is 0 Å². The minimum atomic E-state index is -1.49. The van der Waals surface area contributed by atoms with Gasteiger partial charge < -0.3 is 4.90 Å². The second-order valence-corrected chi connectivity index (χ2v) is 9.35. The third kappa shape index (κ3) is 3.32. The van der Waals surface area contributed by atoms with Crippen LogP contribution in [0.1, 0.15) is 52.6 Å². The Morgan fingerprint density at radius 2 is 1.83 bits per heavy atom. The van der Waals surface area contributed by atoms with Crippen molar-refractivity contribution >= 4 is 16.8 Å². The molecule has 2 atom stereocenters. The minimum Gasteiger partial charge on any atom is -0.325 e. The van der Waals surface area contributed by atoms with E-state index in [1.807, 2.05) is 30.0 Å². The van der Waals surface area contributed by atoms with Gasteiger partial charge in [0.2, 0.25) is 0 Å². The average molecular weight is 477 g/mol. The van der Waals surface area contributed by atoms with Gasteiger partial charge in [0, 0.05) is 29.6 Å². The van der Waals surface area contributed by atoms with E-state index < -0.39 is 17.5 Å². The maximum absolute atomic E-state index is 14.0. The van der Waals surface area contributed by atoms with Gasteiger partial charge in [-0.2, -0.15) is 5.10 Å². The van der Waals surface area contributed by atoms with Crippen LogP contribution in [0.4, 0.5) is 13.2 Å². The minimum absolute atomic E-state index is 0.110. The predicted octanol–water partition coefficient (Wildman–Crippen LogP) is 5.05. The zero-order chi connectivity index (χ0) is 24.4. The number of aromatic nitrogens is 4. The van der Waals surface area contributed by atoms with E-state index in [-0.39, 0.29) is 23.6 Å². The van der Waals surface area contributed by atoms with Crippen molar-refractivity contribution in [1.82, 2.24) is 24.6 Å². The van der Waals surface area contributed by atoms with Crippen LogP contribution in [0.15, 0.2) is 36.7 Å². The van der Waals surface area contributed by atoms with E-state index >= 15 is 0 Å². The number of carbonyl (C=O) groups excluding carboxylic acids is 1. The molecule has 1 saturated heterocycles. The fourth-order valence-corrected chi connectivity index (χ4v) is 5.67. The first-order chi connectivity index (χ1) is 16.8. The molecule has 0 radical (unpaired) electrons. The fraction of sp³-hybridized carbons (Fsp3) is 0.308. The first-order valence-corrected chi connectivity index (χ1v) is 11.6. The Kier molecular flexibility index (Phi) is 4.91. The van der Waals surface area contributed by atoms with Gasteiger partial charge in [-0.05, 0) is 56.9 Å². The Labute approximate surface area is 199 Å². The Morgan fingerprint density at radius 1 is 1.06 bits per heavy atom. The van der Waals surface area contributed by atoms with Crippen LogP contribution in [0.3, 0.4) is 0 Å². The lowest BCUT2D eigenvalue weighted by Gasteiger charge is -2.45. The van der Waals surface area contributed by atoms with Crippen molar-refractivity contribution in [2.24, 2.45) is 7.05 Å². The maximum atomic E-state index is 14.0. The monoisotopic (exact) mass is 477 g/mol. The van der Waals surface area contributed by atoms with Gasteiger partial charge in [0.05, 0.1) is 22.9 Å². The molecule has 35 heavy (non-hydrogen) atoms. The number of piperidine rings is 1. The molecule has 2 bridgehead atoms. The van der Waals surface area contributed by atoms with Crippen molar-refractivity contribution in [2.45, 2.75) is 44.7 Å². The average Bonchev–Trinajstić information content (AvgIpc) is 3.16. The van der Waals surface area contributed by atoms with Gasteiger partial charge in [-0.3, -0.25) is 9.48 Å². The first-order valence-electron chi connectivity index (χ1n) is 11.6. The number of hydrogen-bond acceptors (Lipinski definition) is 4. The van der Waals surface area contributed by atoms with Gasteiger partial charge in [0.15, 0.2) is 17.5 Å². The molecule has 1 amide bonds. The molecule has 0 saturated carbocycles. The van der Waals surface area contributed by atoms with Crippen molar-refractivity contribution in [3.63, 3.8) is 0 Å². The molecule has 4 aromatic rings. The molecular weight excluding hydrogens is 455 g/mol. The van der Waals surface area contributed by atoms with Crippen molar-refractivity contribution in [3.05, 3.63) is 76.6 Å². The van der Waals surface area contributed by atoms with Crippen LogP contribution < -0.4 is 0 Å². The van der Waals surface area contributed by atoms with Crippen LogP contribution >= 0.6 is 0 Å². The van der Waals surface area contributed by atoms with Crippen LogP contribution in [0.5, 0.6) is 0 Å². The molecule has 4 heterocycles. The standard InChI is InChI=1S/C26H22F3N5O/c1-13-6-7-20-16(8-13)24(31-12-30-20)26(35)34-15-4-3-5-21(34)23-17(11-15)25(33(2)32-23)14-9-18(27)22(29)19(28)10-14/h6-10,12,15,21H,3-5,11H2,1-2H3. The molecule has 9 heteroatoms. The van der Waals surface area contributed by atoms with E-state index in [2.05, 4.69) is 15.1 Å². The number of benzene rings is 2. The van der Waals surface area contributed by atoms with E-state index in [0.29, 0.717) is 34.4 Å². The van der Waals surface area contributed by atoms with Gasteiger partial charge in [-0.25, -0.2) is 23.1 Å². The summed E-state index contributed by atoms with van der Waals surface area (Å²) in [5.74, 6) is -4.15. The van der Waals surface area contributed by atoms with Crippen molar-refractivity contribution < 1.29 is 18.0 Å². The third-order valence-electron chi connectivity index (χ3n) is 7.16. The number of halogens is 3. The molecule has 2 aliphatic heterocycles. The molecule has 2 aromatic heterocycles. The van der Waals surface area contributed by atoms with Gasteiger partial charge in [0.25, 0.3) is 5.91 Å². The Balaban J connectivity index is 1.46. The number of rotatable bonds is 2. The summed E-state index contributed by atoms with van der Waals surface area (Å²) in [6, 6.07) is 7.35. The lowest BCUT2D eigenvalue weighted by atomic mass is 9.81. The summed E-state index contributed by atoms with van der Waals surface area (Å²) >= 11 is 0. The summed E-state index contributed by atoms with van der Waals surface area (Å²) in [6.45, 7) is 1.96. The molecule has 6 nitrogen and oxygen atoms in total. The highest BCUT2D eigenvalue weighted by Crippen LogP contribution is 2.45. The topological polar surface area (TPSA) is 63.9 Å². The number of carbonyl (C=O) groups is 1. The normalized spacial score (nSPS) is 19.2. The zero-order valence-corrected chi connectivity index (χ0v) is 19.2. The van der Waals surface area contributed by atoms with E-state index in [1.54, 1.807) is 11.7 Å². The van der Waals surface area contributed by atoms with Gasteiger partial charge in [-0.1, -0.05) is 11.6 Å². The molecule has 1 fully saturated rings. The molecule has 2 aromatic carbocycles. The zero-order valence-electron chi connectivity index (χ0n) is 19.2. The highest BCUT2D eigenvalue weighted by molar-refractivity contribution is 6.04. The number of fused-ring (bicyclic) bond motifs is 5. The van der Waals surface area contributed by atoms with Crippen molar-refractivity contribution in [1.29, 1.82) is 0 Å². The highest BCUT2D eigenvalue weighted by Gasteiger charge is 2.44. The number of hydrogen-bond donors (Lipinski definition) is 0. The summed E-state index contributed by atoms with van der Waals surface area (Å²) in [5.41, 5.74) is 4.41. The smallest absolute Gasteiger partial charge is 0.274 e. The highest BCUT2D eigenvalue weighted by atomic mass is 19.2. The molecule has 0 N–H and O–H groups in total. The van der Waals surface area contributed by atoms with Crippen LogP contribution in [-0.4, -0.2) is 36.6 Å². The van der Waals surface area contributed by atoms with Crippen molar-refractivity contribution in [2.75, 3.05) is 0 Å². The van der Waals surface area contributed by atoms with Crippen molar-refractivity contribution in [3.8, 4) is 11.3 Å². The summed E-state index contributed by atoms with van der Waals surface area (Å²) in [7, 11) is 1.70. The molecular formula is C26H22F3N5O. The van der Waals surface area contributed by atoms with Crippen LogP contribution in [-0.2, 0) is 13.5 Å². The first kappa shape index (κ1) is 21.8. The number of aryl methyl sites for hydroxylation is 2. The summed E-state index contributed by atoms with van der Waals surface area (Å²) in [4.78, 5) is 24.4. The Morgan fingerprint density at radius 3 is 2.60 bits per heavy atom. The molecule has 0 aliphatic carbocycles. The molecule has 0 spiro atoms. The summed E-state index contributed by atoms with van der Waals surface area (Å²) in [6.07, 6.45) is 4.36. The summed E-state index contributed by atoms with van der Waals surface area (Å²) < 4.78 is 43.2. The van der Waals surface area contributed by atoms with Crippen LogP contribution in [0, 0.1) is 24.4 Å². The SMILES string of the molecule is Cc1ccc2ncnc(C(=O)N3C4CCCC3c3nn(C)c(-c5cc(F)c(F)c(F)c5)c3C4)c2c1. The van der Waals surface area contributed by atoms with Gasteiger partial charge in [-0.15, -0.1) is 0 Å². The van der Waals surface area contributed by atoms with E-state index in [9.17, 15) is 18.0 Å². The van der Waals surface area contributed by atoms with Gasteiger partial charge in [0.1, 0.15) is 12.0 Å².